The average Bonchev–Trinajstić information content (AvgIpc) is 2.62. The van der Waals surface area contributed by atoms with Gasteiger partial charge in [0, 0.05) is 6.92 Å². The Balaban J connectivity index is 2.80. The minimum Gasteiger partial charge on any atom is -0.496 e. The first-order valence-corrected chi connectivity index (χ1v) is 7.59. The lowest BCUT2D eigenvalue weighted by Crippen LogP contribution is -2.49. The smallest absolute Gasteiger partial charge is 0.436 e. The molecule has 0 spiro atoms. The van der Waals surface area contributed by atoms with Crippen molar-refractivity contribution in [2.45, 2.75) is 13.1 Å². The summed E-state index contributed by atoms with van der Waals surface area (Å²) in [5.74, 6) is -4.01. The minimum absolute atomic E-state index is 0.0671. The van der Waals surface area contributed by atoms with Gasteiger partial charge < -0.3 is 9.47 Å². The van der Waals surface area contributed by atoms with Crippen LogP contribution in [0, 0.1) is 5.82 Å². The van der Waals surface area contributed by atoms with Gasteiger partial charge in [-0.25, -0.2) is 9.18 Å². The molecule has 28 heavy (non-hydrogen) atoms. The maximum absolute atomic E-state index is 14.4. The van der Waals surface area contributed by atoms with Crippen LogP contribution in [0.3, 0.4) is 0 Å². The highest BCUT2D eigenvalue weighted by atomic mass is 19.4. The number of benzene rings is 2. The fourth-order valence-corrected chi connectivity index (χ4v) is 2.58. The third-order valence-corrected chi connectivity index (χ3v) is 3.66. The number of nitrogens with one attached hydrogen (secondary N) is 1. The van der Waals surface area contributed by atoms with Crippen molar-refractivity contribution in [1.82, 2.24) is 10.4 Å². The van der Waals surface area contributed by atoms with Crippen LogP contribution < -0.4 is 10.2 Å². The van der Waals surface area contributed by atoms with E-state index in [-0.39, 0.29) is 5.01 Å². The molecule has 0 radical (unpaired) electrons. The molecule has 1 N–H and O–H groups in total. The number of fused-ring (bicyclic) bond motifs is 1. The number of halogens is 4. The zero-order valence-corrected chi connectivity index (χ0v) is 14.8. The molecular formula is C17H14F4N2O5. The summed E-state index contributed by atoms with van der Waals surface area (Å²) in [7, 11) is 1.93. The summed E-state index contributed by atoms with van der Waals surface area (Å²) < 4.78 is 64.0. The maximum Gasteiger partial charge on any atom is 0.436 e. The molecule has 0 unspecified atom stereocenters. The third kappa shape index (κ3) is 3.82. The molecule has 2 aromatic carbocycles. The Morgan fingerprint density at radius 2 is 1.64 bits per heavy atom. The molecule has 0 aromatic heterocycles. The van der Waals surface area contributed by atoms with Gasteiger partial charge >= 0.3 is 12.3 Å². The number of hydrazine groups is 1. The van der Waals surface area contributed by atoms with E-state index < -0.39 is 57.5 Å². The molecule has 0 aliphatic rings. The van der Waals surface area contributed by atoms with Crippen LogP contribution in [0.15, 0.2) is 24.3 Å². The molecule has 0 aliphatic carbocycles. The molecule has 0 saturated heterocycles. The van der Waals surface area contributed by atoms with Crippen LogP contribution in [0.1, 0.15) is 22.8 Å². The van der Waals surface area contributed by atoms with Crippen molar-refractivity contribution in [3.05, 3.63) is 41.2 Å². The lowest BCUT2D eigenvalue weighted by molar-refractivity contribution is -0.137. The maximum atomic E-state index is 14.4. The van der Waals surface area contributed by atoms with Crippen LogP contribution >= 0.6 is 0 Å². The molecule has 0 heterocycles. The number of carbonyl (C=O) groups excluding carboxylic acids is 3. The predicted octanol–water partition coefficient (Wildman–Crippen LogP) is 3.27. The van der Waals surface area contributed by atoms with Gasteiger partial charge in [0.2, 0.25) is 5.91 Å². The van der Waals surface area contributed by atoms with Gasteiger partial charge in [-0.2, -0.15) is 13.2 Å². The summed E-state index contributed by atoms with van der Waals surface area (Å²) in [5, 5.41) is -0.890. The van der Waals surface area contributed by atoms with Gasteiger partial charge in [0.1, 0.15) is 17.1 Å². The number of alkyl halides is 3. The Morgan fingerprint density at radius 3 is 2.14 bits per heavy atom. The largest absolute Gasteiger partial charge is 0.496 e. The van der Waals surface area contributed by atoms with Crippen molar-refractivity contribution >= 4 is 28.7 Å². The number of hydrogen-bond acceptors (Lipinski definition) is 5. The van der Waals surface area contributed by atoms with Crippen molar-refractivity contribution in [1.29, 1.82) is 0 Å². The van der Waals surface area contributed by atoms with E-state index in [1.54, 1.807) is 0 Å². The molecule has 150 valence electrons. The zero-order valence-electron chi connectivity index (χ0n) is 14.8. The van der Waals surface area contributed by atoms with E-state index >= 15 is 0 Å². The molecule has 2 rings (SSSR count). The quantitative estimate of drug-likeness (QED) is 0.616. The highest BCUT2D eigenvalue weighted by Gasteiger charge is 2.38. The summed E-state index contributed by atoms with van der Waals surface area (Å²) in [5.41, 5.74) is -0.229. The summed E-state index contributed by atoms with van der Waals surface area (Å²) in [6.07, 6.45) is -6.23. The summed E-state index contributed by atoms with van der Waals surface area (Å²) >= 11 is 0. The molecule has 7 nitrogen and oxygen atoms in total. The molecule has 11 heteroatoms. The third-order valence-electron chi connectivity index (χ3n) is 3.66. The van der Waals surface area contributed by atoms with Crippen LogP contribution in [0.5, 0.6) is 5.75 Å². The number of ether oxygens (including phenoxy) is 2. The number of nitrogens with zero attached hydrogens (tertiary/aromatic N) is 1. The number of carbonyl (C=O) groups is 3. The Bertz CT molecular complexity index is 959. The fourth-order valence-electron chi connectivity index (χ4n) is 2.58. The van der Waals surface area contributed by atoms with Crippen molar-refractivity contribution < 1.29 is 41.4 Å². The zero-order chi connectivity index (χ0) is 21.2. The molecule has 0 atom stereocenters. The van der Waals surface area contributed by atoms with Crippen LogP contribution in [0.25, 0.3) is 10.8 Å². The van der Waals surface area contributed by atoms with E-state index in [0.29, 0.717) is 6.07 Å². The fraction of sp³-hybridized carbons (Fsp3) is 0.235. The number of rotatable bonds is 2. The van der Waals surface area contributed by atoms with Crippen molar-refractivity contribution in [2.24, 2.45) is 0 Å². The van der Waals surface area contributed by atoms with Crippen LogP contribution in [-0.4, -0.2) is 37.1 Å². The van der Waals surface area contributed by atoms with E-state index in [2.05, 4.69) is 4.74 Å². The summed E-state index contributed by atoms with van der Waals surface area (Å²) in [4.78, 5) is 35.7. The van der Waals surface area contributed by atoms with Crippen molar-refractivity contribution in [3.8, 4) is 5.75 Å². The van der Waals surface area contributed by atoms with Gasteiger partial charge in [0.25, 0.3) is 5.91 Å². The Labute approximate surface area is 155 Å². The van der Waals surface area contributed by atoms with Crippen molar-refractivity contribution in [3.63, 3.8) is 0 Å². The molecule has 2 aromatic rings. The van der Waals surface area contributed by atoms with Crippen LogP contribution in [-0.2, 0) is 15.7 Å². The topological polar surface area (TPSA) is 84.9 Å². The Kier molecular flexibility index (Phi) is 5.76. The standard InChI is InChI=1S/C17H14F4N2O5/c1-8(24)22-23(16(26)28-3)15(25)13-9-5-7-12(27-2)14(17(19,20)21)10(9)4-6-11(13)18/h4-7H,1-3H3,(H,22,24). The minimum atomic E-state index is -4.87. The molecule has 0 saturated carbocycles. The van der Waals surface area contributed by atoms with Crippen LogP contribution in [0.2, 0.25) is 0 Å². The summed E-state index contributed by atoms with van der Waals surface area (Å²) in [6.45, 7) is 0.968. The van der Waals surface area contributed by atoms with Gasteiger partial charge in [0.05, 0.1) is 19.8 Å². The molecule has 0 fully saturated rings. The van der Waals surface area contributed by atoms with Gasteiger partial charge in [-0.1, -0.05) is 6.07 Å². The summed E-state index contributed by atoms with van der Waals surface area (Å²) in [6, 6.07) is 3.45. The number of amides is 3. The average molecular weight is 402 g/mol. The van der Waals surface area contributed by atoms with E-state index in [1.165, 1.54) is 0 Å². The van der Waals surface area contributed by atoms with E-state index in [1.807, 2.05) is 5.43 Å². The number of hydrogen-bond donors (Lipinski definition) is 1. The highest BCUT2D eigenvalue weighted by Crippen LogP contribution is 2.42. The second-order valence-corrected chi connectivity index (χ2v) is 5.44. The molecule has 0 aliphatic heterocycles. The van der Waals surface area contributed by atoms with Crippen LogP contribution in [0.4, 0.5) is 22.4 Å². The van der Waals surface area contributed by atoms with E-state index in [0.717, 1.165) is 39.3 Å². The SMILES string of the molecule is COC(=O)N(NC(C)=O)C(=O)c1c(F)ccc2c(C(F)(F)F)c(OC)ccc12. The molecular weight excluding hydrogens is 388 g/mol. The highest BCUT2D eigenvalue weighted by molar-refractivity contribution is 6.12. The molecule has 0 bridgehead atoms. The monoisotopic (exact) mass is 402 g/mol. The second kappa shape index (κ2) is 7.71. The number of imide groups is 1. The Morgan fingerprint density at radius 1 is 1.04 bits per heavy atom. The van der Waals surface area contributed by atoms with Crippen molar-refractivity contribution in [2.75, 3.05) is 14.2 Å². The first kappa shape index (κ1) is 20.9. The lowest BCUT2D eigenvalue weighted by atomic mass is 9.97. The van der Waals surface area contributed by atoms with Gasteiger partial charge in [0.15, 0.2) is 0 Å². The van der Waals surface area contributed by atoms with Gasteiger partial charge in [-0.3, -0.25) is 15.0 Å². The first-order chi connectivity index (χ1) is 13.0. The molecule has 3 amide bonds. The number of methoxy groups -OCH3 is 2. The van der Waals surface area contributed by atoms with Gasteiger partial charge in [-0.05, 0) is 29.0 Å². The first-order valence-electron chi connectivity index (χ1n) is 7.59. The predicted molar refractivity (Wildman–Crippen MR) is 87.9 cm³/mol. The van der Waals surface area contributed by atoms with E-state index in [4.69, 9.17) is 4.74 Å². The normalized spacial score (nSPS) is 11.1. The lowest BCUT2D eigenvalue weighted by Gasteiger charge is -2.21. The van der Waals surface area contributed by atoms with Gasteiger partial charge in [-0.15, -0.1) is 5.01 Å². The van der Waals surface area contributed by atoms with E-state index in [9.17, 15) is 31.9 Å². The Hall–Kier alpha value is -3.37. The second-order valence-electron chi connectivity index (χ2n) is 5.44.